The topological polar surface area (TPSA) is 80.3 Å². The van der Waals surface area contributed by atoms with E-state index in [0.717, 1.165) is 11.3 Å². The second-order valence-electron chi connectivity index (χ2n) is 6.50. The van der Waals surface area contributed by atoms with Crippen LogP contribution < -0.4 is 10.1 Å². The van der Waals surface area contributed by atoms with Crippen molar-refractivity contribution in [2.75, 3.05) is 32.9 Å². The molecule has 24 heavy (non-hydrogen) atoms. The summed E-state index contributed by atoms with van der Waals surface area (Å²) in [7, 11) is 0. The molecule has 7 nitrogen and oxygen atoms in total. The second-order valence-corrected chi connectivity index (χ2v) is 6.50. The lowest BCUT2D eigenvalue weighted by molar-refractivity contribution is -0.123. The third-order valence-corrected chi connectivity index (χ3v) is 4.77. The zero-order valence-corrected chi connectivity index (χ0v) is 13.4. The maximum Gasteiger partial charge on any atom is 0.234 e. The van der Waals surface area contributed by atoms with Crippen molar-refractivity contribution in [3.63, 3.8) is 0 Å². The molecule has 0 aromatic heterocycles. The number of rotatable bonds is 3. The number of aliphatic hydroxyl groups excluding tert-OH is 1. The van der Waals surface area contributed by atoms with Crippen LogP contribution in [-0.2, 0) is 20.8 Å². The molecule has 0 radical (unpaired) electrons. The quantitative estimate of drug-likeness (QED) is 0.778. The van der Waals surface area contributed by atoms with Gasteiger partial charge in [0.25, 0.3) is 0 Å². The van der Waals surface area contributed by atoms with E-state index in [-0.39, 0.29) is 30.8 Å². The van der Waals surface area contributed by atoms with Crippen molar-refractivity contribution in [1.82, 2.24) is 10.2 Å². The molecular weight excluding hydrogens is 312 g/mol. The van der Waals surface area contributed by atoms with Crippen LogP contribution in [0.4, 0.5) is 0 Å². The predicted molar refractivity (Wildman–Crippen MR) is 84.6 cm³/mol. The molecule has 3 heterocycles. The summed E-state index contributed by atoms with van der Waals surface area (Å²) < 4.78 is 16.8. The number of hydrogen-bond donors (Lipinski definition) is 2. The molecule has 0 aliphatic carbocycles. The maximum atomic E-state index is 12.4. The Kier molecular flexibility index (Phi) is 4.41. The lowest BCUT2D eigenvalue weighted by Crippen LogP contribution is -2.48. The molecule has 2 N–H and O–H groups in total. The van der Waals surface area contributed by atoms with E-state index >= 15 is 0 Å². The summed E-state index contributed by atoms with van der Waals surface area (Å²) in [6.07, 6.45) is -1.18. The van der Waals surface area contributed by atoms with E-state index in [2.05, 4.69) is 10.2 Å². The van der Waals surface area contributed by atoms with Gasteiger partial charge in [-0.05, 0) is 6.07 Å². The Bertz CT molecular complexity index is 610. The number of carbonyl (C=O) groups is 1. The zero-order chi connectivity index (χ0) is 16.5. The molecule has 1 aromatic rings. The number of ether oxygens (including phenoxy) is 3. The molecule has 1 amide bonds. The van der Waals surface area contributed by atoms with Crippen molar-refractivity contribution >= 4 is 5.91 Å². The third kappa shape index (κ3) is 3.12. The standard InChI is InChI=1S/C17H22N2O5/c20-13-10-24-16-12(9-23-17(13)16)18-15(21)8-19-5-6-22-14-4-2-1-3-11(14)7-19/h1-4,12-13,16-17,20H,5-10H2,(H,18,21)/t12-,13-,16-,17-/m1/s1. The Morgan fingerprint density at radius 3 is 3.00 bits per heavy atom. The third-order valence-electron chi connectivity index (χ3n) is 4.77. The number of amides is 1. The van der Waals surface area contributed by atoms with E-state index in [0.29, 0.717) is 32.8 Å². The number of aliphatic hydroxyl groups is 1. The summed E-state index contributed by atoms with van der Waals surface area (Å²) in [4.78, 5) is 14.5. The first-order chi connectivity index (χ1) is 11.7. The maximum absolute atomic E-state index is 12.4. The van der Waals surface area contributed by atoms with Crippen LogP contribution in [-0.4, -0.2) is 73.2 Å². The smallest absolute Gasteiger partial charge is 0.234 e. The molecule has 3 aliphatic rings. The van der Waals surface area contributed by atoms with Gasteiger partial charge >= 0.3 is 0 Å². The van der Waals surface area contributed by atoms with E-state index in [1.807, 2.05) is 24.3 Å². The predicted octanol–water partition coefficient (Wildman–Crippen LogP) is -0.476. The first-order valence-corrected chi connectivity index (χ1v) is 8.34. The summed E-state index contributed by atoms with van der Waals surface area (Å²) in [6.45, 7) is 2.90. The molecule has 0 unspecified atom stereocenters. The Hall–Kier alpha value is -1.67. The van der Waals surface area contributed by atoms with Crippen LogP contribution in [0, 0.1) is 0 Å². The van der Waals surface area contributed by atoms with E-state index in [9.17, 15) is 9.90 Å². The van der Waals surface area contributed by atoms with Crippen LogP contribution in [0.5, 0.6) is 5.75 Å². The van der Waals surface area contributed by atoms with Crippen molar-refractivity contribution in [3.05, 3.63) is 29.8 Å². The minimum Gasteiger partial charge on any atom is -0.492 e. The molecule has 0 spiro atoms. The summed E-state index contributed by atoms with van der Waals surface area (Å²) in [5, 5.41) is 12.7. The number of benzene rings is 1. The van der Waals surface area contributed by atoms with E-state index in [4.69, 9.17) is 14.2 Å². The second kappa shape index (κ2) is 6.68. The average Bonchev–Trinajstić information content (AvgIpc) is 3.06. The minimum absolute atomic E-state index is 0.0615. The van der Waals surface area contributed by atoms with Crippen molar-refractivity contribution in [2.45, 2.75) is 30.9 Å². The normalized spacial score (nSPS) is 32.5. The van der Waals surface area contributed by atoms with Crippen molar-refractivity contribution < 1.29 is 24.1 Å². The van der Waals surface area contributed by atoms with E-state index in [1.165, 1.54) is 0 Å². The monoisotopic (exact) mass is 334 g/mol. The minimum atomic E-state index is -0.601. The fourth-order valence-corrected chi connectivity index (χ4v) is 3.57. The number of para-hydroxylation sites is 1. The van der Waals surface area contributed by atoms with Gasteiger partial charge in [0.2, 0.25) is 5.91 Å². The molecule has 3 aliphatic heterocycles. The first kappa shape index (κ1) is 15.8. The molecule has 2 saturated heterocycles. The highest BCUT2D eigenvalue weighted by molar-refractivity contribution is 5.78. The summed E-state index contributed by atoms with van der Waals surface area (Å²) in [5.41, 5.74) is 1.09. The van der Waals surface area contributed by atoms with Gasteiger partial charge in [-0.15, -0.1) is 0 Å². The van der Waals surface area contributed by atoms with Crippen molar-refractivity contribution in [3.8, 4) is 5.75 Å². The Labute approximate surface area is 140 Å². The Morgan fingerprint density at radius 1 is 1.25 bits per heavy atom. The van der Waals surface area contributed by atoms with Gasteiger partial charge in [-0.2, -0.15) is 0 Å². The van der Waals surface area contributed by atoms with Gasteiger partial charge in [-0.3, -0.25) is 9.69 Å². The first-order valence-electron chi connectivity index (χ1n) is 8.34. The fourth-order valence-electron chi connectivity index (χ4n) is 3.57. The van der Waals surface area contributed by atoms with Gasteiger partial charge in [0.05, 0.1) is 25.8 Å². The van der Waals surface area contributed by atoms with Gasteiger partial charge in [-0.25, -0.2) is 0 Å². The van der Waals surface area contributed by atoms with Crippen LogP contribution >= 0.6 is 0 Å². The highest BCUT2D eigenvalue weighted by atomic mass is 16.6. The summed E-state index contributed by atoms with van der Waals surface area (Å²) in [5.74, 6) is 0.828. The van der Waals surface area contributed by atoms with Gasteiger partial charge in [0.1, 0.15) is 30.7 Å². The molecule has 0 bridgehead atoms. The van der Waals surface area contributed by atoms with Crippen LogP contribution in [0.25, 0.3) is 0 Å². The van der Waals surface area contributed by atoms with Crippen LogP contribution in [0.3, 0.4) is 0 Å². The molecule has 4 rings (SSSR count). The van der Waals surface area contributed by atoms with Crippen LogP contribution in [0.15, 0.2) is 24.3 Å². The molecular formula is C17H22N2O5. The highest BCUT2D eigenvalue weighted by Gasteiger charge is 2.47. The number of carbonyl (C=O) groups excluding carboxylic acids is 1. The number of hydrogen-bond acceptors (Lipinski definition) is 6. The largest absolute Gasteiger partial charge is 0.492 e. The van der Waals surface area contributed by atoms with Gasteiger partial charge in [-0.1, -0.05) is 18.2 Å². The van der Waals surface area contributed by atoms with Gasteiger partial charge in [0.15, 0.2) is 0 Å². The number of nitrogens with zero attached hydrogens (tertiary/aromatic N) is 1. The Balaban J connectivity index is 1.33. The van der Waals surface area contributed by atoms with Gasteiger partial charge < -0.3 is 24.6 Å². The van der Waals surface area contributed by atoms with Crippen LogP contribution in [0.2, 0.25) is 0 Å². The summed E-state index contributed by atoms with van der Waals surface area (Å²) >= 11 is 0. The summed E-state index contributed by atoms with van der Waals surface area (Å²) in [6, 6.07) is 7.71. The lowest BCUT2D eigenvalue weighted by Gasteiger charge is -2.22. The molecule has 130 valence electrons. The van der Waals surface area contributed by atoms with Gasteiger partial charge in [0, 0.05) is 18.7 Å². The van der Waals surface area contributed by atoms with E-state index < -0.39 is 6.10 Å². The fraction of sp³-hybridized carbons (Fsp3) is 0.588. The lowest BCUT2D eigenvalue weighted by atomic mass is 10.1. The van der Waals surface area contributed by atoms with Crippen molar-refractivity contribution in [2.24, 2.45) is 0 Å². The highest BCUT2D eigenvalue weighted by Crippen LogP contribution is 2.27. The molecule has 7 heteroatoms. The zero-order valence-electron chi connectivity index (χ0n) is 13.4. The number of nitrogens with one attached hydrogen (secondary N) is 1. The molecule has 0 saturated carbocycles. The SMILES string of the molecule is O=C(CN1CCOc2ccccc2C1)N[C@@H]1CO[C@H]2[C@@H]1OC[C@H]2O. The van der Waals surface area contributed by atoms with Crippen molar-refractivity contribution in [1.29, 1.82) is 0 Å². The molecule has 4 atom stereocenters. The van der Waals surface area contributed by atoms with E-state index in [1.54, 1.807) is 0 Å². The Morgan fingerprint density at radius 2 is 2.08 bits per heavy atom. The van der Waals surface area contributed by atoms with Crippen LogP contribution in [0.1, 0.15) is 5.56 Å². The number of fused-ring (bicyclic) bond motifs is 2. The average molecular weight is 334 g/mol. The molecule has 1 aromatic carbocycles. The molecule has 2 fully saturated rings.